The normalized spacial score (nSPS) is 15.2. The van der Waals surface area contributed by atoms with Gasteiger partial charge in [0.05, 0.1) is 6.54 Å². The largest absolute Gasteiger partial charge is 0.477 e. The zero-order valence-corrected chi connectivity index (χ0v) is 29.1. The number of nitrogens with zero attached hydrogens (tertiary/aromatic N) is 1. The summed E-state index contributed by atoms with van der Waals surface area (Å²) in [7, 11) is 0. The van der Waals surface area contributed by atoms with Gasteiger partial charge in [0, 0.05) is 19.3 Å². The number of carboxylic acid groups (broad SMARTS) is 3. The Hall–Kier alpha value is -1.89. The molecule has 0 fully saturated rings. The third-order valence-corrected chi connectivity index (χ3v) is 9.34. The molecular weight excluding hydrogens is 554 g/mol. The van der Waals surface area contributed by atoms with Crippen LogP contribution in [0.2, 0.25) is 0 Å². The Labute approximate surface area is 270 Å². The maximum absolute atomic E-state index is 12.6. The minimum Gasteiger partial charge on any atom is -0.477 e. The monoisotopic (exact) mass is 625 g/mol. The second kappa shape index (κ2) is 27.4. The number of quaternary nitrogens is 1. The quantitative estimate of drug-likeness (QED) is 0.0390. The highest BCUT2D eigenvalue weighted by atomic mass is 16.4. The molecule has 0 heterocycles. The molecule has 44 heavy (non-hydrogen) atoms. The Morgan fingerprint density at radius 3 is 1.05 bits per heavy atom. The summed E-state index contributed by atoms with van der Waals surface area (Å²) in [4.78, 5) is 37.8. The van der Waals surface area contributed by atoms with Crippen LogP contribution in [0, 0.1) is 0 Å². The van der Waals surface area contributed by atoms with Crippen LogP contribution in [-0.4, -0.2) is 62.4 Å². The molecule has 3 unspecified atom stereocenters. The van der Waals surface area contributed by atoms with E-state index in [9.17, 15) is 29.7 Å². The van der Waals surface area contributed by atoms with Crippen LogP contribution >= 0.6 is 0 Å². The van der Waals surface area contributed by atoms with Gasteiger partial charge in [0.1, 0.15) is 0 Å². The average Bonchev–Trinajstić information content (AvgIpc) is 2.98. The van der Waals surface area contributed by atoms with Gasteiger partial charge >= 0.3 is 17.9 Å². The first-order valence-corrected chi connectivity index (χ1v) is 18.4. The molecule has 0 saturated carbocycles. The van der Waals surface area contributed by atoms with Gasteiger partial charge in [-0.1, -0.05) is 117 Å². The second-order valence-electron chi connectivity index (χ2n) is 13.0. The van der Waals surface area contributed by atoms with Crippen molar-refractivity contribution in [1.82, 2.24) is 0 Å². The smallest absolute Gasteiger partial charge is 0.362 e. The lowest BCUT2D eigenvalue weighted by atomic mass is 9.91. The molecule has 0 spiro atoms. The van der Waals surface area contributed by atoms with Gasteiger partial charge < -0.3 is 15.3 Å². The van der Waals surface area contributed by atoms with Gasteiger partial charge in [0.25, 0.3) is 0 Å². The molecule has 0 aliphatic carbocycles. The SMILES string of the molecule is CCCCCCCCCCCCC/C=C/CCCCCCC[N+](C(CCC)C(=O)O)(C(CCC)C(=O)O)C(CCC)C(=O)O. The third-order valence-electron chi connectivity index (χ3n) is 9.34. The Morgan fingerprint density at radius 1 is 0.455 bits per heavy atom. The van der Waals surface area contributed by atoms with Crippen LogP contribution < -0.4 is 0 Å². The van der Waals surface area contributed by atoms with E-state index in [1.165, 1.54) is 70.6 Å². The lowest BCUT2D eigenvalue weighted by Gasteiger charge is -2.50. The molecule has 0 radical (unpaired) electrons. The molecule has 0 aromatic heterocycles. The summed E-state index contributed by atoms with van der Waals surface area (Å²) in [6.07, 6.45) is 28.9. The molecule has 0 aromatic carbocycles. The van der Waals surface area contributed by atoms with Crippen molar-refractivity contribution in [1.29, 1.82) is 0 Å². The standard InChI is InChI=1S/C37H69NO6/c1-5-9-10-11-12-13-14-15-16-17-18-19-20-21-22-23-24-25-26-27-31-38(32(28-6-2)35(39)40,33(29-7-3)36(41)42)34(30-8-4)37(43)44/h20-21,32-34H,5-19,22-31H2,1-4H3,(H2-,39,40,41,42,43,44)/p+1/b21-20+. The van der Waals surface area contributed by atoms with E-state index in [2.05, 4.69) is 19.1 Å². The van der Waals surface area contributed by atoms with Crippen molar-refractivity contribution in [3.05, 3.63) is 12.2 Å². The summed E-state index contributed by atoms with van der Waals surface area (Å²) in [6.45, 7) is 8.17. The first-order valence-electron chi connectivity index (χ1n) is 18.4. The predicted molar refractivity (Wildman–Crippen MR) is 182 cm³/mol. The van der Waals surface area contributed by atoms with E-state index in [0.29, 0.717) is 25.7 Å². The van der Waals surface area contributed by atoms with Gasteiger partial charge in [-0.2, -0.15) is 0 Å². The Kier molecular flexibility index (Phi) is 26.2. The fourth-order valence-corrected chi connectivity index (χ4v) is 6.99. The molecule has 7 heteroatoms. The average molecular weight is 625 g/mol. The minimum atomic E-state index is -1.09. The fraction of sp³-hybridized carbons (Fsp3) is 0.865. The number of unbranched alkanes of at least 4 members (excludes halogenated alkanes) is 16. The van der Waals surface area contributed by atoms with Gasteiger partial charge in [-0.05, 0) is 57.8 Å². The molecule has 3 N–H and O–H groups in total. The van der Waals surface area contributed by atoms with Crippen molar-refractivity contribution in [2.75, 3.05) is 6.54 Å². The van der Waals surface area contributed by atoms with Crippen molar-refractivity contribution < 1.29 is 34.2 Å². The molecule has 0 aromatic rings. The number of rotatable bonds is 32. The van der Waals surface area contributed by atoms with Crippen LogP contribution in [0.4, 0.5) is 0 Å². The van der Waals surface area contributed by atoms with Crippen LogP contribution in [0.1, 0.15) is 182 Å². The molecule has 0 aliphatic heterocycles. The maximum atomic E-state index is 12.6. The molecule has 258 valence electrons. The van der Waals surface area contributed by atoms with Gasteiger partial charge in [0.2, 0.25) is 0 Å². The topological polar surface area (TPSA) is 112 Å². The summed E-state index contributed by atoms with van der Waals surface area (Å²) in [5.74, 6) is -3.26. The van der Waals surface area contributed by atoms with Gasteiger partial charge in [-0.15, -0.1) is 0 Å². The predicted octanol–water partition coefficient (Wildman–Crippen LogP) is 10.2. The molecule has 0 rings (SSSR count). The van der Waals surface area contributed by atoms with Crippen LogP contribution in [0.3, 0.4) is 0 Å². The lowest BCUT2D eigenvalue weighted by Crippen LogP contribution is -2.72. The van der Waals surface area contributed by atoms with Crippen molar-refractivity contribution in [3.8, 4) is 0 Å². The summed E-state index contributed by atoms with van der Waals surface area (Å²) in [6, 6.07) is -3.15. The molecule has 7 nitrogen and oxygen atoms in total. The number of carboxylic acids is 3. The van der Waals surface area contributed by atoms with E-state index in [1.54, 1.807) is 0 Å². The lowest BCUT2D eigenvalue weighted by molar-refractivity contribution is -0.973. The molecule has 3 atom stereocenters. The Bertz CT molecular complexity index is 707. The number of aliphatic carboxylic acids is 3. The van der Waals surface area contributed by atoms with E-state index >= 15 is 0 Å². The molecule has 0 aliphatic rings. The number of carbonyl (C=O) groups is 3. The minimum absolute atomic E-state index is 0.266. The Balaban J connectivity index is 4.78. The number of hydrogen-bond donors (Lipinski definition) is 3. The van der Waals surface area contributed by atoms with Crippen molar-refractivity contribution >= 4 is 17.9 Å². The second-order valence-corrected chi connectivity index (χ2v) is 13.0. The summed E-state index contributed by atoms with van der Waals surface area (Å²) in [5.41, 5.74) is 0. The van der Waals surface area contributed by atoms with E-state index in [0.717, 1.165) is 38.5 Å². The molecule has 0 saturated heterocycles. The molecule has 0 amide bonds. The maximum Gasteiger partial charge on any atom is 0.362 e. The fourth-order valence-electron chi connectivity index (χ4n) is 6.99. The number of hydrogen-bond acceptors (Lipinski definition) is 3. The van der Waals surface area contributed by atoms with Crippen molar-refractivity contribution in [2.45, 2.75) is 200 Å². The summed E-state index contributed by atoms with van der Waals surface area (Å²) >= 11 is 0. The number of allylic oxidation sites excluding steroid dienone is 2. The van der Waals surface area contributed by atoms with Gasteiger partial charge in [-0.25, -0.2) is 14.4 Å². The third kappa shape index (κ3) is 17.0. The summed E-state index contributed by atoms with van der Waals surface area (Å²) in [5, 5.41) is 30.9. The van der Waals surface area contributed by atoms with Gasteiger partial charge in [-0.3, -0.25) is 4.48 Å². The zero-order valence-electron chi connectivity index (χ0n) is 29.1. The van der Waals surface area contributed by atoms with E-state index in [-0.39, 0.29) is 30.3 Å². The first-order chi connectivity index (χ1) is 21.2. The highest BCUT2D eigenvalue weighted by Crippen LogP contribution is 2.34. The van der Waals surface area contributed by atoms with Gasteiger partial charge in [0.15, 0.2) is 18.1 Å². The van der Waals surface area contributed by atoms with Crippen LogP contribution in [0.5, 0.6) is 0 Å². The first kappa shape index (κ1) is 42.1. The van der Waals surface area contributed by atoms with E-state index < -0.39 is 36.0 Å². The van der Waals surface area contributed by atoms with Crippen molar-refractivity contribution in [3.63, 3.8) is 0 Å². The highest BCUT2D eigenvalue weighted by molar-refractivity contribution is 5.78. The van der Waals surface area contributed by atoms with Crippen LogP contribution in [-0.2, 0) is 14.4 Å². The van der Waals surface area contributed by atoms with Crippen molar-refractivity contribution in [2.24, 2.45) is 0 Å². The van der Waals surface area contributed by atoms with E-state index in [4.69, 9.17) is 0 Å². The molecular formula is C37H70NO6+. The van der Waals surface area contributed by atoms with Crippen LogP contribution in [0.15, 0.2) is 12.2 Å². The molecule has 0 bridgehead atoms. The summed E-state index contributed by atoms with van der Waals surface area (Å²) < 4.78 is -0.378. The zero-order chi connectivity index (χ0) is 33.1. The Morgan fingerprint density at radius 2 is 0.750 bits per heavy atom. The van der Waals surface area contributed by atoms with Crippen LogP contribution in [0.25, 0.3) is 0 Å². The van der Waals surface area contributed by atoms with E-state index in [1.807, 2.05) is 20.8 Å². The highest BCUT2D eigenvalue weighted by Gasteiger charge is 2.56.